The highest BCUT2D eigenvalue weighted by Crippen LogP contribution is 2.49. The molecule has 0 bridgehead atoms. The van der Waals surface area contributed by atoms with Crippen molar-refractivity contribution in [3.63, 3.8) is 0 Å². The fraction of sp³-hybridized carbons (Fsp3) is 0.312. The number of carbonyl (C=O) groups is 1. The predicted molar refractivity (Wildman–Crippen MR) is 162 cm³/mol. The van der Waals surface area contributed by atoms with Gasteiger partial charge >= 0.3 is 11.9 Å². The number of anilines is 1. The normalized spacial score (nSPS) is 20.3. The number of hydrogen-bond donors (Lipinski definition) is 0. The summed E-state index contributed by atoms with van der Waals surface area (Å²) in [6.07, 6.45) is -2.14. The largest absolute Gasteiger partial charge is 0.417 e. The van der Waals surface area contributed by atoms with E-state index in [1.165, 1.54) is 10.6 Å². The molecular weight excluding hydrogens is 613 g/mol. The van der Waals surface area contributed by atoms with E-state index in [0.29, 0.717) is 11.8 Å². The molecule has 4 aromatic rings. The van der Waals surface area contributed by atoms with Crippen LogP contribution >= 0.6 is 11.8 Å². The molecule has 1 amide bonds. The maximum Gasteiger partial charge on any atom is 0.417 e. The summed E-state index contributed by atoms with van der Waals surface area (Å²) in [5, 5.41) is 0.0697. The molecule has 1 unspecified atom stereocenters. The molecule has 13 heteroatoms. The summed E-state index contributed by atoms with van der Waals surface area (Å²) in [6, 6.07) is 7.91. The van der Waals surface area contributed by atoms with Gasteiger partial charge < -0.3 is 9.80 Å². The standard InChI is InChI=1S/C32H28F5N5O2S/c1-4-26(43)42-17(2)13-40(14-18(42)3)30-22-12-23(32(35,36)37)27(21-9-8-20(33)11-24(21)34)29-28(22)41(31(44)39-30)15-19(16-45-29)25-7-5-6-10-38-25/h4-12,17-19H,1,13-16H2,2-3H3/t17-,18?,19-/m0/s1. The second-order valence-corrected chi connectivity index (χ2v) is 12.3. The quantitative estimate of drug-likeness (QED) is 0.194. The summed E-state index contributed by atoms with van der Waals surface area (Å²) in [6.45, 7) is 7.64. The van der Waals surface area contributed by atoms with Crippen molar-refractivity contribution in [2.24, 2.45) is 0 Å². The van der Waals surface area contributed by atoms with E-state index in [0.717, 1.165) is 30.0 Å². The zero-order valence-corrected chi connectivity index (χ0v) is 25.1. The van der Waals surface area contributed by atoms with Crippen molar-refractivity contribution in [1.82, 2.24) is 19.4 Å². The van der Waals surface area contributed by atoms with E-state index in [4.69, 9.17) is 0 Å². The fourth-order valence-electron chi connectivity index (χ4n) is 6.42. The molecule has 2 aromatic heterocycles. The van der Waals surface area contributed by atoms with Crippen molar-refractivity contribution in [3.8, 4) is 11.1 Å². The fourth-order valence-corrected chi connectivity index (χ4v) is 7.78. The second-order valence-electron chi connectivity index (χ2n) is 11.3. The number of carbonyl (C=O) groups excluding carboxylic acids is 1. The Labute approximate surface area is 259 Å². The second kappa shape index (κ2) is 11.6. The minimum Gasteiger partial charge on any atom is -0.352 e. The molecule has 2 aromatic carbocycles. The van der Waals surface area contributed by atoms with E-state index in [1.807, 2.05) is 0 Å². The van der Waals surface area contributed by atoms with Gasteiger partial charge in [0.2, 0.25) is 5.91 Å². The number of thioether (sulfide) groups is 1. The molecule has 0 spiro atoms. The molecule has 0 radical (unpaired) electrons. The lowest BCUT2D eigenvalue weighted by Gasteiger charge is -2.44. The monoisotopic (exact) mass is 641 g/mol. The highest BCUT2D eigenvalue weighted by atomic mass is 32.2. The first-order valence-corrected chi connectivity index (χ1v) is 15.2. The van der Waals surface area contributed by atoms with E-state index in [9.17, 15) is 27.2 Å². The summed E-state index contributed by atoms with van der Waals surface area (Å²) < 4.78 is 75.4. The Kier molecular flexibility index (Phi) is 7.92. The molecule has 0 aliphatic carbocycles. The molecule has 234 valence electrons. The molecule has 4 heterocycles. The SMILES string of the molecule is C=CC(=O)N1C(C)CN(c2nc(=O)n3c4c(c(-c5ccc(F)cc5F)c(C(F)(F)F)cc24)SC[C@@H](c2ccccn2)C3)C[C@@H]1C. The molecule has 6 rings (SSSR count). The van der Waals surface area contributed by atoms with Crippen LogP contribution in [0, 0.1) is 11.6 Å². The van der Waals surface area contributed by atoms with Gasteiger partial charge in [-0.25, -0.2) is 13.6 Å². The third-order valence-electron chi connectivity index (χ3n) is 8.29. The Balaban J connectivity index is 1.65. The van der Waals surface area contributed by atoms with Crippen LogP contribution in [0.1, 0.15) is 31.0 Å². The molecule has 2 aliphatic heterocycles. The predicted octanol–water partition coefficient (Wildman–Crippen LogP) is 6.26. The maximum absolute atomic E-state index is 15.3. The van der Waals surface area contributed by atoms with Crippen LogP contribution < -0.4 is 10.6 Å². The molecular formula is C32H28F5N5O2S. The Bertz CT molecular complexity index is 1870. The average molecular weight is 642 g/mol. The number of nitrogens with zero attached hydrogens (tertiary/aromatic N) is 5. The van der Waals surface area contributed by atoms with Crippen molar-refractivity contribution in [3.05, 3.63) is 94.7 Å². The lowest BCUT2D eigenvalue weighted by atomic mass is 9.95. The van der Waals surface area contributed by atoms with Crippen LogP contribution in [-0.4, -0.2) is 56.3 Å². The van der Waals surface area contributed by atoms with E-state index in [2.05, 4.69) is 16.5 Å². The van der Waals surface area contributed by atoms with Crippen LogP contribution in [-0.2, 0) is 17.5 Å². The molecule has 0 N–H and O–H groups in total. The molecule has 1 fully saturated rings. The minimum atomic E-state index is -4.94. The van der Waals surface area contributed by atoms with Crippen LogP contribution in [0.25, 0.3) is 22.0 Å². The van der Waals surface area contributed by atoms with Crippen LogP contribution in [0.15, 0.2) is 71.0 Å². The Morgan fingerprint density at radius 1 is 1.07 bits per heavy atom. The average Bonchev–Trinajstić information content (AvgIpc) is 3.20. The minimum absolute atomic E-state index is 0.0467. The first-order valence-electron chi connectivity index (χ1n) is 14.3. The Hall–Kier alpha value is -4.26. The Morgan fingerprint density at radius 2 is 1.80 bits per heavy atom. The summed E-state index contributed by atoms with van der Waals surface area (Å²) >= 11 is 1.07. The topological polar surface area (TPSA) is 71.3 Å². The molecule has 1 saturated heterocycles. The van der Waals surface area contributed by atoms with Crippen LogP contribution in [0.5, 0.6) is 0 Å². The first-order chi connectivity index (χ1) is 21.4. The third-order valence-corrected chi connectivity index (χ3v) is 9.55. The van der Waals surface area contributed by atoms with Gasteiger partial charge in [-0.3, -0.25) is 14.3 Å². The number of amides is 1. The van der Waals surface area contributed by atoms with Crippen LogP contribution in [0.2, 0.25) is 0 Å². The molecule has 3 atom stereocenters. The first kappa shape index (κ1) is 30.8. The molecule has 45 heavy (non-hydrogen) atoms. The van der Waals surface area contributed by atoms with Gasteiger partial charge in [-0.15, -0.1) is 11.8 Å². The summed E-state index contributed by atoms with van der Waals surface area (Å²) in [5.74, 6) is -2.47. The van der Waals surface area contributed by atoms with Crippen molar-refractivity contribution in [2.45, 2.75) is 49.5 Å². The highest BCUT2D eigenvalue weighted by Gasteiger charge is 2.40. The summed E-state index contributed by atoms with van der Waals surface area (Å²) in [5.41, 5.74) is -1.89. The van der Waals surface area contributed by atoms with Gasteiger partial charge in [-0.2, -0.15) is 18.2 Å². The van der Waals surface area contributed by atoms with Crippen molar-refractivity contribution in [2.75, 3.05) is 23.7 Å². The number of aromatic nitrogens is 3. The van der Waals surface area contributed by atoms with Gasteiger partial charge in [0.25, 0.3) is 0 Å². The number of halogens is 5. The number of pyridine rings is 1. The summed E-state index contributed by atoms with van der Waals surface area (Å²) in [7, 11) is 0. The number of alkyl halides is 3. The van der Waals surface area contributed by atoms with E-state index >= 15 is 4.39 Å². The van der Waals surface area contributed by atoms with Gasteiger partial charge in [-0.1, -0.05) is 12.6 Å². The lowest BCUT2D eigenvalue weighted by Crippen LogP contribution is -2.58. The molecule has 2 aliphatic rings. The Morgan fingerprint density at radius 3 is 2.42 bits per heavy atom. The van der Waals surface area contributed by atoms with Gasteiger partial charge in [0.15, 0.2) is 0 Å². The zero-order chi connectivity index (χ0) is 32.2. The molecule has 0 saturated carbocycles. The van der Waals surface area contributed by atoms with Gasteiger partial charge in [0, 0.05) is 82.8 Å². The van der Waals surface area contributed by atoms with E-state index < -0.39 is 40.2 Å². The highest BCUT2D eigenvalue weighted by molar-refractivity contribution is 7.99. The maximum atomic E-state index is 15.3. The van der Waals surface area contributed by atoms with Crippen molar-refractivity contribution >= 4 is 34.4 Å². The summed E-state index contributed by atoms with van der Waals surface area (Å²) in [4.78, 5) is 38.5. The third kappa shape index (κ3) is 5.47. The van der Waals surface area contributed by atoms with Crippen LogP contribution in [0.4, 0.5) is 27.8 Å². The van der Waals surface area contributed by atoms with E-state index in [-0.39, 0.29) is 70.9 Å². The number of rotatable bonds is 4. The van der Waals surface area contributed by atoms with Crippen molar-refractivity contribution < 1.29 is 26.7 Å². The smallest absolute Gasteiger partial charge is 0.352 e. The zero-order valence-electron chi connectivity index (χ0n) is 24.3. The number of hydrogen-bond acceptors (Lipinski definition) is 6. The van der Waals surface area contributed by atoms with Crippen LogP contribution in [0.3, 0.4) is 0 Å². The van der Waals surface area contributed by atoms with Gasteiger partial charge in [-0.05, 0) is 50.3 Å². The number of piperazine rings is 1. The van der Waals surface area contributed by atoms with Crippen molar-refractivity contribution in [1.29, 1.82) is 0 Å². The number of benzene rings is 2. The lowest BCUT2D eigenvalue weighted by molar-refractivity contribution is -0.137. The molecule has 7 nitrogen and oxygen atoms in total. The van der Waals surface area contributed by atoms with Gasteiger partial charge in [0.1, 0.15) is 17.5 Å². The van der Waals surface area contributed by atoms with Gasteiger partial charge in [0.05, 0.1) is 11.1 Å². The van der Waals surface area contributed by atoms with E-state index in [1.54, 1.807) is 48.0 Å².